The first-order valence-corrected chi connectivity index (χ1v) is 15.2. The maximum Gasteiger partial charge on any atom is 0.262 e. The van der Waals surface area contributed by atoms with E-state index >= 15 is 0 Å². The molecule has 3 N–H and O–H groups in total. The van der Waals surface area contributed by atoms with Crippen LogP contribution in [0.25, 0.3) is 33.3 Å². The van der Waals surface area contributed by atoms with E-state index in [0.717, 1.165) is 44.0 Å². The summed E-state index contributed by atoms with van der Waals surface area (Å²) >= 11 is 0. The topological polar surface area (TPSA) is 156 Å². The fourth-order valence-corrected chi connectivity index (χ4v) is 5.75. The Morgan fingerprint density at radius 1 is 0.830 bits per heavy atom. The molecule has 7 rings (SSSR count). The number of hydrogen-bond acceptors (Lipinski definition) is 9. The van der Waals surface area contributed by atoms with Crippen LogP contribution in [0, 0.1) is 0 Å². The van der Waals surface area contributed by atoms with Gasteiger partial charge in [0.1, 0.15) is 24.2 Å². The van der Waals surface area contributed by atoms with Gasteiger partial charge in [0.15, 0.2) is 0 Å². The third-order valence-corrected chi connectivity index (χ3v) is 8.18. The van der Waals surface area contributed by atoms with Crippen molar-refractivity contribution >= 4 is 40.3 Å². The van der Waals surface area contributed by atoms with E-state index < -0.39 is 29.7 Å². The maximum atomic E-state index is 13.0. The Kier molecular flexibility index (Phi) is 8.15. The number of benzene rings is 2. The molecule has 1 unspecified atom stereocenters. The van der Waals surface area contributed by atoms with E-state index in [2.05, 4.69) is 55.9 Å². The van der Waals surface area contributed by atoms with Gasteiger partial charge in [-0.1, -0.05) is 24.3 Å². The molecule has 47 heavy (non-hydrogen) atoms. The lowest BCUT2D eigenvalue weighted by Gasteiger charge is -2.27. The van der Waals surface area contributed by atoms with E-state index in [9.17, 15) is 19.2 Å². The highest BCUT2D eigenvalue weighted by Crippen LogP contribution is 2.30. The van der Waals surface area contributed by atoms with Crippen LogP contribution < -0.4 is 15.4 Å². The molecule has 236 valence electrons. The van der Waals surface area contributed by atoms with Crippen molar-refractivity contribution in [1.29, 1.82) is 0 Å². The molecule has 1 atom stereocenters. The number of pyridine rings is 2. The number of H-pyrrole nitrogens is 1. The van der Waals surface area contributed by atoms with Crippen molar-refractivity contribution in [2.75, 3.05) is 31.7 Å². The Morgan fingerprint density at radius 2 is 1.64 bits per heavy atom. The number of aromatic amines is 1. The molecular formula is C35H30N6O6. The van der Waals surface area contributed by atoms with Crippen LogP contribution in [-0.2, 0) is 14.3 Å². The molecule has 5 aromatic rings. The molecule has 12 nitrogen and oxygen atoms in total. The first-order chi connectivity index (χ1) is 22.9. The van der Waals surface area contributed by atoms with Crippen molar-refractivity contribution in [3.05, 3.63) is 96.4 Å². The normalized spacial score (nSPS) is 16.0. The van der Waals surface area contributed by atoms with Crippen LogP contribution in [0.3, 0.4) is 0 Å². The fraction of sp³-hybridized carbons (Fsp3) is 0.200. The monoisotopic (exact) mass is 630 g/mol. The first-order valence-electron chi connectivity index (χ1n) is 15.2. The van der Waals surface area contributed by atoms with Gasteiger partial charge in [0, 0.05) is 42.0 Å². The zero-order valence-electron chi connectivity index (χ0n) is 25.2. The first kappa shape index (κ1) is 29.8. The van der Waals surface area contributed by atoms with Crippen LogP contribution in [0.5, 0.6) is 5.75 Å². The molecule has 1 saturated heterocycles. The lowest BCUT2D eigenvalue weighted by molar-refractivity contribution is -0.136. The highest BCUT2D eigenvalue weighted by molar-refractivity contribution is 6.23. The van der Waals surface area contributed by atoms with Crippen LogP contribution in [0.4, 0.5) is 5.82 Å². The zero-order chi connectivity index (χ0) is 32.3. The molecule has 2 aromatic carbocycles. The van der Waals surface area contributed by atoms with Crippen LogP contribution in [0.1, 0.15) is 33.6 Å². The SMILES string of the molecule is O=C1CCC(N2C(=O)c3ccc(OCCOCCNc4ccc(-c5ccc(-c6cc7ccncc7[nH]6)cc5)cn4)cc3C2=O)C(=O)N1. The summed E-state index contributed by atoms with van der Waals surface area (Å²) in [4.78, 5) is 62.5. The molecule has 0 aliphatic carbocycles. The van der Waals surface area contributed by atoms with Crippen LogP contribution >= 0.6 is 0 Å². The van der Waals surface area contributed by atoms with E-state index in [1.807, 2.05) is 30.6 Å². The van der Waals surface area contributed by atoms with Gasteiger partial charge in [-0.3, -0.25) is 34.4 Å². The molecule has 0 saturated carbocycles. The smallest absolute Gasteiger partial charge is 0.262 e. The van der Waals surface area contributed by atoms with Gasteiger partial charge >= 0.3 is 0 Å². The lowest BCUT2D eigenvalue weighted by atomic mass is 10.0. The molecule has 0 bridgehead atoms. The molecule has 4 amide bonds. The minimum atomic E-state index is -1.01. The van der Waals surface area contributed by atoms with Crippen molar-refractivity contribution in [2.24, 2.45) is 0 Å². The van der Waals surface area contributed by atoms with Crippen molar-refractivity contribution in [2.45, 2.75) is 18.9 Å². The average molecular weight is 631 g/mol. The molecule has 2 aliphatic rings. The van der Waals surface area contributed by atoms with Crippen LogP contribution in [0.2, 0.25) is 0 Å². The van der Waals surface area contributed by atoms with E-state index in [0.29, 0.717) is 25.5 Å². The second kappa shape index (κ2) is 12.9. The number of fused-ring (bicyclic) bond motifs is 2. The van der Waals surface area contributed by atoms with Crippen molar-refractivity contribution in [3.8, 4) is 28.1 Å². The van der Waals surface area contributed by atoms with Crippen LogP contribution in [-0.4, -0.2) is 75.9 Å². The largest absolute Gasteiger partial charge is 0.491 e. The molecule has 1 fully saturated rings. The number of carbonyl (C=O) groups excluding carboxylic acids is 4. The third kappa shape index (κ3) is 6.18. The number of nitrogens with one attached hydrogen (secondary N) is 3. The van der Waals surface area contributed by atoms with Crippen molar-refractivity contribution in [3.63, 3.8) is 0 Å². The number of rotatable bonds is 11. The van der Waals surface area contributed by atoms with Gasteiger partial charge in [-0.15, -0.1) is 0 Å². The molecule has 12 heteroatoms. The Labute approximate surface area is 269 Å². The summed E-state index contributed by atoms with van der Waals surface area (Å²) in [5.74, 6) is -1.05. The Balaban J connectivity index is 0.839. The maximum absolute atomic E-state index is 13.0. The highest BCUT2D eigenvalue weighted by Gasteiger charge is 2.44. The van der Waals surface area contributed by atoms with E-state index in [1.54, 1.807) is 12.3 Å². The Hall–Kier alpha value is -5.88. The predicted octanol–water partition coefficient (Wildman–Crippen LogP) is 4.20. The number of hydrogen-bond donors (Lipinski definition) is 3. The van der Waals surface area contributed by atoms with Gasteiger partial charge in [-0.2, -0.15) is 0 Å². The molecule has 2 aliphatic heterocycles. The number of carbonyl (C=O) groups is 4. The van der Waals surface area contributed by atoms with Gasteiger partial charge < -0.3 is 19.8 Å². The summed E-state index contributed by atoms with van der Waals surface area (Å²) < 4.78 is 11.4. The highest BCUT2D eigenvalue weighted by atomic mass is 16.5. The van der Waals surface area contributed by atoms with Crippen molar-refractivity contribution < 1.29 is 28.7 Å². The zero-order valence-corrected chi connectivity index (χ0v) is 25.2. The quantitative estimate of drug-likeness (QED) is 0.144. The number of amides is 4. The summed E-state index contributed by atoms with van der Waals surface area (Å²) in [6.07, 6.45) is 5.62. The molecule has 0 spiro atoms. The van der Waals surface area contributed by atoms with E-state index in [4.69, 9.17) is 9.47 Å². The summed E-state index contributed by atoms with van der Waals surface area (Å²) in [6.45, 7) is 1.52. The minimum Gasteiger partial charge on any atom is -0.491 e. The fourth-order valence-electron chi connectivity index (χ4n) is 5.75. The molecular weight excluding hydrogens is 600 g/mol. The average Bonchev–Trinajstić information content (AvgIpc) is 3.63. The van der Waals surface area contributed by atoms with Crippen LogP contribution in [0.15, 0.2) is 85.3 Å². The summed E-state index contributed by atoms with van der Waals surface area (Å²) in [5.41, 5.74) is 5.60. The van der Waals surface area contributed by atoms with Crippen molar-refractivity contribution in [1.82, 2.24) is 25.2 Å². The summed E-state index contributed by atoms with van der Waals surface area (Å²) in [6, 6.07) is 20.0. The van der Waals surface area contributed by atoms with Gasteiger partial charge in [-0.05, 0) is 60.0 Å². The van der Waals surface area contributed by atoms with E-state index in [-0.39, 0.29) is 30.6 Å². The number of piperidine rings is 1. The second-order valence-corrected chi connectivity index (χ2v) is 11.2. The van der Waals surface area contributed by atoms with Gasteiger partial charge in [0.25, 0.3) is 11.8 Å². The number of nitrogens with zero attached hydrogens (tertiary/aromatic N) is 3. The summed E-state index contributed by atoms with van der Waals surface area (Å²) in [7, 11) is 0. The Morgan fingerprint density at radius 3 is 2.43 bits per heavy atom. The number of anilines is 1. The van der Waals surface area contributed by atoms with Gasteiger partial charge in [0.2, 0.25) is 11.8 Å². The van der Waals surface area contributed by atoms with E-state index in [1.165, 1.54) is 12.1 Å². The lowest BCUT2D eigenvalue weighted by Crippen LogP contribution is -2.54. The standard InChI is InChI=1S/C35H30N6O6/c42-32-10-8-30(33(43)40-32)41-34(44)26-7-6-25(18-27(26)35(41)45)47-16-15-46-14-13-37-31-9-5-24(19-38-31)21-1-3-22(4-2-21)28-17-23-11-12-36-20-29(23)39-28/h1-7,9,11-12,17-20,30,39H,8,10,13-16H2,(H,37,38)(H,40,42,43). The number of aromatic nitrogens is 3. The second-order valence-electron chi connectivity index (χ2n) is 11.2. The predicted molar refractivity (Wildman–Crippen MR) is 173 cm³/mol. The number of ether oxygens (including phenoxy) is 2. The minimum absolute atomic E-state index is 0.0677. The number of imide groups is 2. The molecule has 0 radical (unpaired) electrons. The van der Waals surface area contributed by atoms with Gasteiger partial charge in [-0.25, -0.2) is 4.98 Å². The Bertz CT molecular complexity index is 1960. The van der Waals surface area contributed by atoms with Gasteiger partial charge in [0.05, 0.1) is 36.1 Å². The molecule has 3 aromatic heterocycles. The summed E-state index contributed by atoms with van der Waals surface area (Å²) in [5, 5.41) is 6.56. The third-order valence-electron chi connectivity index (χ3n) is 8.18. The molecule has 5 heterocycles.